The molecule has 33 heavy (non-hydrogen) atoms. The van der Waals surface area contributed by atoms with Crippen molar-refractivity contribution in [1.82, 2.24) is 24.8 Å². The number of alkyl halides is 2. The molecule has 4 heterocycles. The van der Waals surface area contributed by atoms with Crippen molar-refractivity contribution in [2.24, 2.45) is 5.92 Å². The van der Waals surface area contributed by atoms with E-state index in [1.54, 1.807) is 16.0 Å². The van der Waals surface area contributed by atoms with E-state index in [-0.39, 0.29) is 6.03 Å². The van der Waals surface area contributed by atoms with E-state index in [9.17, 15) is 13.6 Å². The van der Waals surface area contributed by atoms with Crippen LogP contribution < -0.4 is 10.5 Å². The maximum Gasteiger partial charge on any atom is 0.320 e. The van der Waals surface area contributed by atoms with Crippen LogP contribution in [0.3, 0.4) is 0 Å². The average Bonchev–Trinajstić information content (AvgIpc) is 3.03. The van der Waals surface area contributed by atoms with Crippen LogP contribution in [-0.2, 0) is 6.54 Å². The summed E-state index contributed by atoms with van der Waals surface area (Å²) in [7, 11) is 0. The maximum absolute atomic E-state index is 13.2. The molecule has 5 rings (SSSR count). The van der Waals surface area contributed by atoms with Crippen LogP contribution in [0.5, 0.6) is 5.75 Å². The number of carbonyl (C=O) groups is 1. The number of nitrogens with two attached hydrogens (primary N) is 1. The van der Waals surface area contributed by atoms with Gasteiger partial charge < -0.3 is 25.3 Å². The molecule has 3 N–H and O–H groups in total. The van der Waals surface area contributed by atoms with Gasteiger partial charge in [0.15, 0.2) is 11.6 Å². The van der Waals surface area contributed by atoms with E-state index >= 15 is 0 Å². The van der Waals surface area contributed by atoms with Crippen molar-refractivity contribution in [3.63, 3.8) is 0 Å². The van der Waals surface area contributed by atoms with E-state index < -0.39 is 12.3 Å². The summed E-state index contributed by atoms with van der Waals surface area (Å²) in [6, 6.07) is 5.87. The number of hydrogen-bond donors (Lipinski definition) is 2. The van der Waals surface area contributed by atoms with Gasteiger partial charge in [-0.1, -0.05) is 0 Å². The van der Waals surface area contributed by atoms with E-state index in [4.69, 9.17) is 10.5 Å². The molecule has 0 spiro atoms. The van der Waals surface area contributed by atoms with Gasteiger partial charge in [-0.25, -0.2) is 18.6 Å². The number of pyridine rings is 1. The van der Waals surface area contributed by atoms with Crippen molar-refractivity contribution in [1.29, 1.82) is 0 Å². The predicted molar refractivity (Wildman–Crippen MR) is 120 cm³/mol. The molecular formula is C23H26F2N6O2. The number of ether oxygens (including phenoxy) is 1. The minimum absolute atomic E-state index is 0.127. The number of aryl methyl sites for hydroxylation is 1. The summed E-state index contributed by atoms with van der Waals surface area (Å²) in [6.07, 6.45) is 0.0915. The number of nitrogens with zero attached hydrogens (tertiary/aromatic N) is 4. The molecule has 0 bridgehead atoms. The highest BCUT2D eigenvalue weighted by Gasteiger charge is 2.31. The molecular weight excluding hydrogens is 430 g/mol. The monoisotopic (exact) mass is 456 g/mol. The molecule has 2 amide bonds. The minimum Gasteiger partial charge on any atom is -0.491 e. The lowest BCUT2D eigenvalue weighted by Crippen LogP contribution is -2.47. The standard InChI is InChI=1S/C23H26F2N6O2/c1-13-8-15(16-10-18-21(27-11-16)29-22(26)28-18)9-17-12-31(6-7-33-19(13)17)23(32)30-4-2-14(3-5-30)20(24)25/h8-11,14,20H,2-7,12H2,1H3,(H3,26,27,28,29). The second-order valence-electron chi connectivity index (χ2n) is 8.71. The predicted octanol–water partition coefficient (Wildman–Crippen LogP) is 3.81. The number of aromatic nitrogens is 3. The van der Waals surface area contributed by atoms with Gasteiger partial charge in [-0.05, 0) is 49.1 Å². The fourth-order valence-electron chi connectivity index (χ4n) is 4.66. The minimum atomic E-state index is -2.32. The van der Waals surface area contributed by atoms with Crippen LogP contribution in [0.1, 0.15) is 24.0 Å². The molecule has 1 saturated heterocycles. The first-order chi connectivity index (χ1) is 15.9. The fraction of sp³-hybridized carbons (Fsp3) is 0.435. The van der Waals surface area contributed by atoms with Gasteiger partial charge in [0.25, 0.3) is 0 Å². The first kappa shape index (κ1) is 21.4. The number of fused-ring (bicyclic) bond motifs is 2. The van der Waals surface area contributed by atoms with Crippen LogP contribution in [0.25, 0.3) is 22.3 Å². The Bertz CT molecular complexity index is 1190. The summed E-state index contributed by atoms with van der Waals surface area (Å²) in [6.45, 7) is 3.91. The molecule has 1 fully saturated rings. The molecule has 174 valence electrons. The molecule has 0 radical (unpaired) electrons. The van der Waals surface area contributed by atoms with E-state index in [1.807, 2.05) is 25.1 Å². The number of aromatic amines is 1. The van der Waals surface area contributed by atoms with Gasteiger partial charge >= 0.3 is 6.03 Å². The van der Waals surface area contributed by atoms with Crippen molar-refractivity contribution in [2.45, 2.75) is 32.7 Å². The second kappa shape index (κ2) is 8.49. The first-order valence-electron chi connectivity index (χ1n) is 11.1. The maximum atomic E-state index is 13.2. The number of likely N-dealkylation sites (tertiary alicyclic amines) is 1. The lowest BCUT2D eigenvalue weighted by Gasteiger charge is -2.35. The van der Waals surface area contributed by atoms with Crippen molar-refractivity contribution in [2.75, 3.05) is 32.0 Å². The average molecular weight is 456 g/mol. The highest BCUT2D eigenvalue weighted by atomic mass is 19.3. The lowest BCUT2D eigenvalue weighted by molar-refractivity contribution is 0.0374. The number of urea groups is 1. The Morgan fingerprint density at radius 2 is 1.97 bits per heavy atom. The van der Waals surface area contributed by atoms with Crippen LogP contribution in [0.15, 0.2) is 24.4 Å². The fourth-order valence-corrected chi connectivity index (χ4v) is 4.66. The largest absolute Gasteiger partial charge is 0.491 e. The lowest BCUT2D eigenvalue weighted by atomic mass is 9.97. The number of halogens is 2. The Balaban J connectivity index is 1.39. The Morgan fingerprint density at radius 1 is 1.18 bits per heavy atom. The SMILES string of the molecule is Cc1cc(-c2cnc3nc(N)[nH]c3c2)cc2c1OCCN(C(=O)N1CCC(C(F)F)CC1)C2. The summed E-state index contributed by atoms with van der Waals surface area (Å²) in [5.41, 5.74) is 10.8. The number of anilines is 1. The number of piperidine rings is 1. The molecule has 0 atom stereocenters. The molecule has 10 heteroatoms. The Morgan fingerprint density at radius 3 is 2.73 bits per heavy atom. The number of nitrogens with one attached hydrogen (secondary N) is 1. The van der Waals surface area contributed by atoms with Crippen molar-refractivity contribution in [3.8, 4) is 16.9 Å². The number of hydrogen-bond acceptors (Lipinski definition) is 5. The summed E-state index contributed by atoms with van der Waals surface area (Å²) in [4.78, 5) is 28.1. The van der Waals surface area contributed by atoms with Crippen molar-refractivity contribution in [3.05, 3.63) is 35.5 Å². The first-order valence-corrected chi connectivity index (χ1v) is 11.1. The number of nitrogen functional groups attached to an aromatic ring is 1. The van der Waals surface area contributed by atoms with E-state index in [0.29, 0.717) is 57.2 Å². The highest BCUT2D eigenvalue weighted by molar-refractivity contribution is 5.80. The third-order valence-corrected chi connectivity index (χ3v) is 6.45. The Labute approximate surface area is 189 Å². The van der Waals surface area contributed by atoms with Crippen LogP contribution >= 0.6 is 0 Å². The molecule has 0 aliphatic carbocycles. The number of carbonyl (C=O) groups excluding carboxylic acids is 1. The van der Waals surface area contributed by atoms with E-state index in [1.165, 1.54) is 0 Å². The number of benzene rings is 1. The number of amides is 2. The number of imidazole rings is 1. The quantitative estimate of drug-likeness (QED) is 0.611. The number of H-pyrrole nitrogens is 1. The summed E-state index contributed by atoms with van der Waals surface area (Å²) in [5, 5.41) is 0. The van der Waals surface area contributed by atoms with Crippen LogP contribution in [-0.4, -0.2) is 63.4 Å². The van der Waals surface area contributed by atoms with Crippen LogP contribution in [0.4, 0.5) is 19.5 Å². The zero-order valence-corrected chi connectivity index (χ0v) is 18.4. The topological polar surface area (TPSA) is 100 Å². The molecule has 1 aromatic carbocycles. The van der Waals surface area contributed by atoms with Gasteiger partial charge in [0.1, 0.15) is 12.4 Å². The summed E-state index contributed by atoms with van der Waals surface area (Å²) in [5.74, 6) is 0.474. The van der Waals surface area contributed by atoms with Gasteiger partial charge in [-0.15, -0.1) is 0 Å². The molecule has 0 saturated carbocycles. The van der Waals surface area contributed by atoms with Gasteiger partial charge in [0.2, 0.25) is 6.43 Å². The zero-order valence-electron chi connectivity index (χ0n) is 18.4. The third-order valence-electron chi connectivity index (χ3n) is 6.45. The third kappa shape index (κ3) is 4.17. The van der Waals surface area contributed by atoms with Gasteiger partial charge in [0, 0.05) is 36.3 Å². The van der Waals surface area contributed by atoms with Crippen LogP contribution in [0, 0.1) is 12.8 Å². The zero-order chi connectivity index (χ0) is 23.1. The summed E-state index contributed by atoms with van der Waals surface area (Å²) >= 11 is 0. The molecule has 2 aliphatic heterocycles. The smallest absolute Gasteiger partial charge is 0.320 e. The van der Waals surface area contributed by atoms with E-state index in [2.05, 4.69) is 15.0 Å². The van der Waals surface area contributed by atoms with Gasteiger partial charge in [-0.2, -0.15) is 4.98 Å². The number of rotatable bonds is 2. The summed E-state index contributed by atoms with van der Waals surface area (Å²) < 4.78 is 32.0. The highest BCUT2D eigenvalue weighted by Crippen LogP contribution is 2.34. The Kier molecular flexibility index (Phi) is 5.51. The van der Waals surface area contributed by atoms with Gasteiger partial charge in [-0.3, -0.25) is 0 Å². The molecule has 2 aromatic heterocycles. The molecule has 3 aromatic rings. The molecule has 8 nitrogen and oxygen atoms in total. The van der Waals surface area contributed by atoms with Gasteiger partial charge in [0.05, 0.1) is 18.6 Å². The Hall–Kier alpha value is -3.43. The van der Waals surface area contributed by atoms with Crippen molar-refractivity contribution < 1.29 is 18.3 Å². The van der Waals surface area contributed by atoms with Crippen LogP contribution in [0.2, 0.25) is 0 Å². The molecule has 2 aliphatic rings. The molecule has 0 unspecified atom stereocenters. The van der Waals surface area contributed by atoms with E-state index in [0.717, 1.165) is 33.5 Å². The van der Waals surface area contributed by atoms with Crippen molar-refractivity contribution >= 4 is 23.1 Å². The second-order valence-corrected chi connectivity index (χ2v) is 8.71. The normalized spacial score (nSPS) is 17.2.